The first kappa shape index (κ1) is 45.4. The maximum atomic E-state index is 14.0. The molecule has 0 spiro atoms. The third-order valence-corrected chi connectivity index (χ3v) is 15.4. The number of fused-ring (bicyclic) bond motifs is 3. The lowest BCUT2D eigenvalue weighted by Gasteiger charge is -2.32. The van der Waals surface area contributed by atoms with E-state index in [1.165, 1.54) is 26.5 Å². The van der Waals surface area contributed by atoms with Gasteiger partial charge in [-0.1, -0.05) is 117 Å². The Morgan fingerprint density at radius 2 is 0.955 bits per heavy atom. The van der Waals surface area contributed by atoms with E-state index in [0.29, 0.717) is 57.4 Å². The number of imide groups is 2. The molecule has 0 N–H and O–H groups in total. The van der Waals surface area contributed by atoms with Gasteiger partial charge in [-0.05, 0) is 150 Å². The number of carbonyl (C=O) groups is 4. The van der Waals surface area contributed by atoms with Crippen molar-refractivity contribution in [3.8, 4) is 23.0 Å². The molecule has 0 bridgehead atoms. The molecule has 342 valence electrons. The average molecular weight is 893 g/mol. The summed E-state index contributed by atoms with van der Waals surface area (Å²) in [5.74, 6) is 0.840. The van der Waals surface area contributed by atoms with Crippen LogP contribution in [0.5, 0.6) is 23.0 Å². The van der Waals surface area contributed by atoms with Gasteiger partial charge in [0, 0.05) is 16.4 Å². The molecule has 0 saturated carbocycles. The van der Waals surface area contributed by atoms with E-state index in [2.05, 4.69) is 85.7 Å². The van der Waals surface area contributed by atoms with Crippen molar-refractivity contribution in [2.75, 3.05) is 4.90 Å². The normalized spacial score (nSPS) is 17.8. The van der Waals surface area contributed by atoms with Crippen molar-refractivity contribution < 1.29 is 28.7 Å². The lowest BCUT2D eigenvalue weighted by molar-refractivity contribution is 0.0473. The number of rotatable bonds is 12. The standard InChI is InChI=1S/C59H60N2O6/c1-12-55(3,4)39-20-31-49-50(32-39)59(11,35-56(49,5)6)38-14-21-40(22-15-38)60-51(62)45-29-27-43(33-47(45)52(60)63)66-41-23-16-36(17-24-41)58(9,10)37-18-25-42(26-19-37)67-44-28-30-46-48(34-44)54(65)61(53(46)64)57(7,8)13-2/h14-34H,12-13,35H2,1-11H3. The molecule has 8 heteroatoms. The SMILES string of the molecule is CCC(C)(C)c1ccc2c(c1)C(C)(c1ccc(N3C(=O)c4ccc(Oc5ccc(C(C)(C)c6ccc(Oc7ccc8c(c7)C(=O)N(C(C)(C)CC)C8=O)cc6)cc5)cc4C3=O)cc1)CC2(C)C. The van der Waals surface area contributed by atoms with Crippen LogP contribution in [0.3, 0.4) is 0 Å². The van der Waals surface area contributed by atoms with Crippen LogP contribution in [0.1, 0.15) is 170 Å². The number of benzene rings is 6. The predicted molar refractivity (Wildman–Crippen MR) is 264 cm³/mol. The van der Waals surface area contributed by atoms with E-state index in [9.17, 15) is 19.2 Å². The molecule has 3 aliphatic rings. The van der Waals surface area contributed by atoms with Gasteiger partial charge >= 0.3 is 0 Å². The highest BCUT2D eigenvalue weighted by atomic mass is 16.5. The van der Waals surface area contributed by atoms with E-state index in [0.717, 1.165) is 29.5 Å². The Labute approximate surface area is 394 Å². The lowest BCUT2D eigenvalue weighted by atomic mass is 9.74. The van der Waals surface area contributed by atoms with Crippen LogP contribution in [0.25, 0.3) is 0 Å². The quantitative estimate of drug-likeness (QED) is 0.114. The van der Waals surface area contributed by atoms with Crippen LogP contribution in [-0.2, 0) is 21.7 Å². The number of nitrogens with zero attached hydrogens (tertiary/aromatic N) is 2. The van der Waals surface area contributed by atoms with Gasteiger partial charge in [-0.15, -0.1) is 0 Å². The third-order valence-electron chi connectivity index (χ3n) is 15.4. The summed E-state index contributed by atoms with van der Waals surface area (Å²) in [5.41, 5.74) is 8.18. The van der Waals surface area contributed by atoms with Crippen molar-refractivity contribution in [1.82, 2.24) is 4.90 Å². The second-order valence-electron chi connectivity index (χ2n) is 21.3. The molecule has 0 aromatic heterocycles. The number of ether oxygens (including phenoxy) is 2. The first-order valence-electron chi connectivity index (χ1n) is 23.5. The van der Waals surface area contributed by atoms with Crippen LogP contribution in [-0.4, -0.2) is 34.1 Å². The Morgan fingerprint density at radius 3 is 1.48 bits per heavy atom. The lowest BCUT2D eigenvalue weighted by Crippen LogP contribution is -2.47. The summed E-state index contributed by atoms with van der Waals surface area (Å²) >= 11 is 0. The molecular weight excluding hydrogens is 833 g/mol. The monoisotopic (exact) mass is 892 g/mol. The zero-order chi connectivity index (χ0) is 48.0. The fourth-order valence-electron chi connectivity index (χ4n) is 10.4. The van der Waals surface area contributed by atoms with Crippen molar-refractivity contribution >= 4 is 29.3 Å². The fraction of sp³-hybridized carbons (Fsp3) is 0.322. The van der Waals surface area contributed by atoms with Crippen LogP contribution >= 0.6 is 0 Å². The molecular formula is C59H60N2O6. The number of anilines is 1. The molecule has 1 unspecified atom stereocenters. The number of carbonyl (C=O) groups excluding carboxylic acids is 4. The van der Waals surface area contributed by atoms with E-state index in [1.54, 1.807) is 36.4 Å². The Morgan fingerprint density at radius 1 is 0.493 bits per heavy atom. The molecule has 0 radical (unpaired) electrons. The third kappa shape index (κ3) is 7.55. The largest absolute Gasteiger partial charge is 0.457 e. The van der Waals surface area contributed by atoms with Gasteiger partial charge in [0.1, 0.15) is 23.0 Å². The molecule has 4 amide bonds. The predicted octanol–water partition coefficient (Wildman–Crippen LogP) is 13.9. The number of hydrogen-bond acceptors (Lipinski definition) is 6. The van der Waals surface area contributed by atoms with Gasteiger partial charge in [-0.25, -0.2) is 4.90 Å². The van der Waals surface area contributed by atoms with Crippen molar-refractivity contribution in [3.05, 3.63) is 183 Å². The maximum Gasteiger partial charge on any atom is 0.266 e. The minimum absolute atomic E-state index is 0.000570. The molecule has 9 rings (SSSR count). The average Bonchev–Trinajstić information content (AvgIpc) is 3.81. The summed E-state index contributed by atoms with van der Waals surface area (Å²) in [7, 11) is 0. The zero-order valence-electron chi connectivity index (χ0n) is 40.6. The molecule has 1 aliphatic carbocycles. The van der Waals surface area contributed by atoms with Gasteiger partial charge < -0.3 is 9.47 Å². The topological polar surface area (TPSA) is 93.2 Å². The Hall–Kier alpha value is -6.80. The van der Waals surface area contributed by atoms with E-state index >= 15 is 0 Å². The molecule has 6 aromatic rings. The van der Waals surface area contributed by atoms with Gasteiger partial charge in [-0.3, -0.25) is 24.1 Å². The second kappa shape index (κ2) is 15.9. The first-order valence-corrected chi connectivity index (χ1v) is 23.5. The summed E-state index contributed by atoms with van der Waals surface area (Å²) in [4.78, 5) is 56.7. The molecule has 0 saturated heterocycles. The van der Waals surface area contributed by atoms with Gasteiger partial charge in [-0.2, -0.15) is 0 Å². The van der Waals surface area contributed by atoms with E-state index in [1.807, 2.05) is 81.4 Å². The summed E-state index contributed by atoms with van der Waals surface area (Å²) in [6.07, 6.45) is 2.65. The number of hydrogen-bond donors (Lipinski definition) is 0. The van der Waals surface area contributed by atoms with Crippen molar-refractivity contribution in [2.24, 2.45) is 0 Å². The second-order valence-corrected chi connectivity index (χ2v) is 21.3. The Kier molecular flexibility index (Phi) is 10.8. The molecule has 67 heavy (non-hydrogen) atoms. The fourth-order valence-corrected chi connectivity index (χ4v) is 10.4. The minimum Gasteiger partial charge on any atom is -0.457 e. The van der Waals surface area contributed by atoms with Crippen molar-refractivity contribution in [3.63, 3.8) is 0 Å². The summed E-state index contributed by atoms with van der Waals surface area (Å²) in [6, 6.07) is 40.8. The Bertz CT molecular complexity index is 3000. The maximum absolute atomic E-state index is 14.0. The number of amides is 4. The van der Waals surface area contributed by atoms with E-state index in [4.69, 9.17) is 9.47 Å². The highest BCUT2D eigenvalue weighted by Gasteiger charge is 2.47. The Balaban J connectivity index is 0.864. The molecule has 1 atom stereocenters. The van der Waals surface area contributed by atoms with Crippen LogP contribution in [0.4, 0.5) is 5.69 Å². The van der Waals surface area contributed by atoms with Gasteiger partial charge in [0.2, 0.25) is 0 Å². The molecule has 2 heterocycles. The summed E-state index contributed by atoms with van der Waals surface area (Å²) in [6.45, 7) is 23.8. The zero-order valence-corrected chi connectivity index (χ0v) is 40.6. The van der Waals surface area contributed by atoms with Gasteiger partial charge in [0.15, 0.2) is 0 Å². The molecule has 8 nitrogen and oxygen atoms in total. The highest BCUT2D eigenvalue weighted by molar-refractivity contribution is 6.34. The van der Waals surface area contributed by atoms with Crippen molar-refractivity contribution in [2.45, 2.75) is 123 Å². The summed E-state index contributed by atoms with van der Waals surface area (Å²) in [5, 5.41) is 0. The smallest absolute Gasteiger partial charge is 0.266 e. The van der Waals surface area contributed by atoms with Gasteiger partial charge in [0.05, 0.1) is 27.9 Å². The summed E-state index contributed by atoms with van der Waals surface area (Å²) < 4.78 is 12.4. The molecule has 6 aromatic carbocycles. The van der Waals surface area contributed by atoms with Crippen LogP contribution < -0.4 is 14.4 Å². The van der Waals surface area contributed by atoms with E-state index in [-0.39, 0.29) is 45.3 Å². The first-order chi connectivity index (χ1) is 31.6. The highest BCUT2D eigenvalue weighted by Crippen LogP contribution is 2.54. The van der Waals surface area contributed by atoms with Crippen LogP contribution in [0.15, 0.2) is 127 Å². The van der Waals surface area contributed by atoms with Crippen molar-refractivity contribution in [1.29, 1.82) is 0 Å². The van der Waals surface area contributed by atoms with Crippen LogP contribution in [0.2, 0.25) is 0 Å². The van der Waals surface area contributed by atoms with Crippen LogP contribution in [0, 0.1) is 0 Å². The van der Waals surface area contributed by atoms with Gasteiger partial charge in [0.25, 0.3) is 23.6 Å². The molecule has 0 fully saturated rings. The minimum atomic E-state index is -0.590. The molecule has 2 aliphatic heterocycles. The van der Waals surface area contributed by atoms with E-state index < -0.39 is 5.54 Å².